The molecule has 1 heterocycles. The van der Waals surface area contributed by atoms with E-state index in [0.29, 0.717) is 24.2 Å². The van der Waals surface area contributed by atoms with Gasteiger partial charge in [-0.15, -0.1) is 0 Å². The second-order valence-electron chi connectivity index (χ2n) is 16.4. The maximum absolute atomic E-state index is 13.7. The molecule has 9 nitrogen and oxygen atoms in total. The number of aliphatic hydroxyl groups is 4. The lowest BCUT2D eigenvalue weighted by Gasteiger charge is -2.68. The van der Waals surface area contributed by atoms with Gasteiger partial charge in [0, 0.05) is 0 Å². The summed E-state index contributed by atoms with van der Waals surface area (Å²) >= 11 is 0. The molecule has 0 aromatic rings. The van der Waals surface area contributed by atoms with E-state index in [4.69, 9.17) is 4.74 Å². The third kappa shape index (κ3) is 4.81. The number of ether oxygens (including phenoxy) is 1. The molecule has 9 heteroatoms. The van der Waals surface area contributed by atoms with Crippen LogP contribution in [0.5, 0.6) is 0 Å². The van der Waals surface area contributed by atoms with Gasteiger partial charge in [-0.25, -0.2) is 0 Å². The van der Waals surface area contributed by atoms with Crippen molar-refractivity contribution in [3.8, 4) is 0 Å². The molecule has 5 aliphatic carbocycles. The van der Waals surface area contributed by atoms with Crippen molar-refractivity contribution in [2.45, 2.75) is 128 Å². The van der Waals surface area contributed by atoms with Crippen LogP contribution in [0.3, 0.4) is 0 Å². The minimum Gasteiger partial charge on any atom is -0.480 e. The summed E-state index contributed by atoms with van der Waals surface area (Å²) in [5, 5.41) is 54.8. The van der Waals surface area contributed by atoms with Gasteiger partial charge in [0.15, 0.2) is 0 Å². The van der Waals surface area contributed by atoms with Crippen molar-refractivity contribution < 1.29 is 39.9 Å². The van der Waals surface area contributed by atoms with E-state index in [2.05, 4.69) is 32.2 Å². The number of carboxylic acids is 1. The Morgan fingerprint density at radius 3 is 2.30 bits per heavy atom. The first-order valence-electron chi connectivity index (χ1n) is 17.2. The van der Waals surface area contributed by atoms with Gasteiger partial charge in [0.1, 0.15) is 24.9 Å². The predicted octanol–water partition coefficient (Wildman–Crippen LogP) is 3.42. The third-order valence-corrected chi connectivity index (χ3v) is 14.4. The number of carbonyl (C=O) groups excluding carboxylic acids is 1. The van der Waals surface area contributed by atoms with Crippen molar-refractivity contribution in [1.29, 1.82) is 0 Å². The van der Waals surface area contributed by atoms with E-state index < -0.39 is 41.4 Å². The molecule has 6 rings (SSSR count). The summed E-state index contributed by atoms with van der Waals surface area (Å²) in [6.07, 6.45) is 8.49. The van der Waals surface area contributed by atoms with Crippen molar-refractivity contribution in [2.24, 2.45) is 51.8 Å². The lowest BCUT2D eigenvalue weighted by atomic mass is 9.37. The Hall–Kier alpha value is -1.52. The van der Waals surface area contributed by atoms with E-state index in [1.54, 1.807) is 0 Å². The van der Waals surface area contributed by atoms with Crippen molar-refractivity contribution in [3.63, 3.8) is 0 Å². The second-order valence-corrected chi connectivity index (χ2v) is 16.4. The molecular weight excluding hydrogens is 562 g/mol. The van der Waals surface area contributed by atoms with Gasteiger partial charge in [0.25, 0.3) is 0 Å². The fourth-order valence-corrected chi connectivity index (χ4v) is 12.0. The molecule has 14 atom stereocenters. The van der Waals surface area contributed by atoms with Crippen LogP contribution in [0.2, 0.25) is 0 Å². The number of allylic oxidation sites excluding steroid dienone is 2. The van der Waals surface area contributed by atoms with Crippen molar-refractivity contribution in [3.05, 3.63) is 11.6 Å². The molecule has 6 N–H and O–H groups in total. The molecule has 5 fully saturated rings. The van der Waals surface area contributed by atoms with Gasteiger partial charge in [-0.05, 0) is 124 Å². The molecule has 0 spiro atoms. The first-order valence-corrected chi connectivity index (χ1v) is 17.2. The van der Waals surface area contributed by atoms with Crippen LogP contribution in [-0.2, 0) is 14.3 Å². The zero-order chi connectivity index (χ0) is 31.8. The van der Waals surface area contributed by atoms with E-state index in [1.165, 1.54) is 5.57 Å². The second kappa shape index (κ2) is 11.3. The Balaban J connectivity index is 1.25. The number of carbonyl (C=O) groups is 2. The quantitative estimate of drug-likeness (QED) is 0.248. The highest BCUT2D eigenvalue weighted by molar-refractivity contribution is 5.87. The Bertz CT molecular complexity index is 1170. The van der Waals surface area contributed by atoms with E-state index in [0.717, 1.165) is 64.2 Å². The van der Waals surface area contributed by atoms with Crippen LogP contribution >= 0.6 is 0 Å². The molecule has 1 saturated heterocycles. The zero-order valence-electron chi connectivity index (χ0n) is 27.0. The number of rotatable bonds is 6. The van der Waals surface area contributed by atoms with E-state index in [1.807, 2.05) is 6.92 Å². The summed E-state index contributed by atoms with van der Waals surface area (Å²) in [5.74, 6) is 0.394. The molecule has 13 unspecified atom stereocenters. The molecule has 1 amide bonds. The highest BCUT2D eigenvalue weighted by Gasteiger charge is 2.66. The van der Waals surface area contributed by atoms with Gasteiger partial charge in [-0.1, -0.05) is 32.4 Å². The zero-order valence-corrected chi connectivity index (χ0v) is 27.0. The monoisotopic (exact) mass is 617 g/mol. The molecule has 0 radical (unpaired) electrons. The summed E-state index contributed by atoms with van der Waals surface area (Å²) in [6, 6.07) is 0. The minimum absolute atomic E-state index is 0.0614. The fraction of sp³-hybridized carbons (Fsp3) is 0.886. The SMILES string of the molecule is CC1CCC2(C(=O)NCC(=O)O)CCC3C(=CCC4C3(C)CCC3C4(C)CCC(CC4OC(CO)C(O)C4O)[C@@]3(C)O)C2C1. The lowest BCUT2D eigenvalue weighted by molar-refractivity contribution is -0.212. The molecule has 44 heavy (non-hydrogen) atoms. The van der Waals surface area contributed by atoms with Gasteiger partial charge in [0.05, 0.1) is 23.7 Å². The summed E-state index contributed by atoms with van der Waals surface area (Å²) in [4.78, 5) is 25.0. The Morgan fingerprint density at radius 1 is 0.932 bits per heavy atom. The Labute approximate surface area is 261 Å². The van der Waals surface area contributed by atoms with Crippen LogP contribution in [0.25, 0.3) is 0 Å². The summed E-state index contributed by atoms with van der Waals surface area (Å²) in [7, 11) is 0. The largest absolute Gasteiger partial charge is 0.480 e. The number of nitrogens with one attached hydrogen (secondary N) is 1. The number of hydrogen-bond donors (Lipinski definition) is 6. The molecule has 0 bridgehead atoms. The number of fused-ring (bicyclic) bond motifs is 7. The molecule has 1 aliphatic heterocycles. The first kappa shape index (κ1) is 32.4. The van der Waals surface area contributed by atoms with Gasteiger partial charge in [0.2, 0.25) is 5.91 Å². The van der Waals surface area contributed by atoms with Gasteiger partial charge < -0.3 is 35.6 Å². The summed E-state index contributed by atoms with van der Waals surface area (Å²) in [5.41, 5.74) is -0.0341. The number of hydrogen-bond acceptors (Lipinski definition) is 7. The normalized spacial score (nSPS) is 51.7. The van der Waals surface area contributed by atoms with Crippen LogP contribution in [-0.4, -0.2) is 80.6 Å². The fourth-order valence-electron chi connectivity index (χ4n) is 12.0. The maximum Gasteiger partial charge on any atom is 0.322 e. The number of aliphatic carboxylic acids is 1. The van der Waals surface area contributed by atoms with E-state index in [9.17, 15) is 35.1 Å². The molecular formula is C35H55NO8. The van der Waals surface area contributed by atoms with Gasteiger partial charge in [-0.3, -0.25) is 9.59 Å². The summed E-state index contributed by atoms with van der Waals surface area (Å²) in [6.45, 7) is 8.44. The highest BCUT2D eigenvalue weighted by atomic mass is 16.6. The highest BCUT2D eigenvalue weighted by Crippen LogP contribution is 2.71. The van der Waals surface area contributed by atoms with Crippen LogP contribution < -0.4 is 5.32 Å². The number of amides is 1. The van der Waals surface area contributed by atoms with Crippen molar-refractivity contribution in [1.82, 2.24) is 5.32 Å². The third-order valence-electron chi connectivity index (χ3n) is 14.4. The topological polar surface area (TPSA) is 157 Å². The van der Waals surface area contributed by atoms with Crippen LogP contribution in [0.15, 0.2) is 11.6 Å². The molecule has 248 valence electrons. The van der Waals surface area contributed by atoms with Crippen molar-refractivity contribution in [2.75, 3.05) is 13.2 Å². The van der Waals surface area contributed by atoms with E-state index in [-0.39, 0.29) is 47.6 Å². The lowest BCUT2D eigenvalue weighted by Crippen LogP contribution is -2.64. The number of carboxylic acid groups (broad SMARTS) is 1. The Morgan fingerprint density at radius 2 is 1.61 bits per heavy atom. The average Bonchev–Trinajstić information content (AvgIpc) is 3.24. The first-order chi connectivity index (χ1) is 20.7. The smallest absolute Gasteiger partial charge is 0.322 e. The van der Waals surface area contributed by atoms with Crippen LogP contribution in [0.1, 0.15) is 98.3 Å². The van der Waals surface area contributed by atoms with Crippen LogP contribution in [0, 0.1) is 51.8 Å². The maximum atomic E-state index is 13.7. The van der Waals surface area contributed by atoms with Crippen molar-refractivity contribution >= 4 is 11.9 Å². The molecule has 6 aliphatic rings. The standard InChI is InChI=1S/C35H55NO8/c1-19-7-13-35(31(42)36-17-28(38)39)14-9-22-21(23(35)15-19)5-6-26-32(22,2)12-10-27-33(26,3)11-8-20(34(27,4)43)16-24-29(40)30(41)25(18-37)44-24/h5,19-20,22-27,29-30,37,40-41,43H,6-18H2,1-4H3,(H,36,42)(H,38,39)/t19?,20?,22?,23?,24?,25?,26?,27?,29?,30?,32?,33?,34-,35?/m1/s1. The Kier molecular flexibility index (Phi) is 8.34. The summed E-state index contributed by atoms with van der Waals surface area (Å²) < 4.78 is 5.83. The van der Waals surface area contributed by atoms with Gasteiger partial charge >= 0.3 is 5.97 Å². The number of aliphatic hydroxyl groups excluding tert-OH is 3. The van der Waals surface area contributed by atoms with Crippen LogP contribution in [0.4, 0.5) is 0 Å². The molecule has 0 aromatic carbocycles. The predicted molar refractivity (Wildman–Crippen MR) is 163 cm³/mol. The molecule has 4 saturated carbocycles. The van der Waals surface area contributed by atoms with E-state index >= 15 is 0 Å². The minimum atomic E-state index is -1.12. The van der Waals surface area contributed by atoms with Gasteiger partial charge in [-0.2, -0.15) is 0 Å². The molecule has 0 aromatic heterocycles. The average molecular weight is 618 g/mol.